The molecule has 0 heterocycles. The minimum atomic E-state index is -4.35. The van der Waals surface area contributed by atoms with Crippen molar-refractivity contribution >= 4 is 0 Å². The van der Waals surface area contributed by atoms with E-state index in [1.165, 1.54) is 24.3 Å². The van der Waals surface area contributed by atoms with Gasteiger partial charge in [-0.3, -0.25) is 4.90 Å². The lowest BCUT2D eigenvalue weighted by Gasteiger charge is -2.20. The molecule has 5 heteroatoms. The Bertz CT molecular complexity index is 590. The maximum Gasteiger partial charge on any atom is 0.416 e. The van der Waals surface area contributed by atoms with Gasteiger partial charge in [-0.15, -0.1) is 0 Å². The highest BCUT2D eigenvalue weighted by Gasteiger charge is 2.32. The summed E-state index contributed by atoms with van der Waals surface area (Å²) in [6, 6.07) is 11.5. The molecule has 2 aromatic carbocycles. The highest BCUT2D eigenvalue weighted by atomic mass is 19.4. The van der Waals surface area contributed by atoms with Gasteiger partial charge in [-0.05, 0) is 36.4 Å². The molecule has 112 valence electrons. The quantitative estimate of drug-likeness (QED) is 0.752. The van der Waals surface area contributed by atoms with Gasteiger partial charge in [0.05, 0.1) is 5.56 Å². The molecule has 0 unspecified atom stereocenters. The minimum absolute atomic E-state index is 0.174. The second-order valence-electron chi connectivity index (χ2n) is 4.95. The smallest absolute Gasteiger partial charge is 0.298 e. The molecule has 0 atom stereocenters. The van der Waals surface area contributed by atoms with Crippen molar-refractivity contribution in [2.24, 2.45) is 0 Å². The van der Waals surface area contributed by atoms with E-state index in [0.29, 0.717) is 6.54 Å². The van der Waals surface area contributed by atoms with Gasteiger partial charge in [-0.25, -0.2) is 4.39 Å². The highest BCUT2D eigenvalue weighted by molar-refractivity contribution is 5.29. The number of hydrogen-bond donors (Lipinski definition) is 0. The topological polar surface area (TPSA) is 3.24 Å². The van der Waals surface area contributed by atoms with Crippen LogP contribution in [0.4, 0.5) is 17.6 Å². The van der Waals surface area contributed by atoms with Crippen molar-refractivity contribution in [3.05, 3.63) is 71.0 Å². The fourth-order valence-corrected chi connectivity index (χ4v) is 2.18. The summed E-state index contributed by atoms with van der Waals surface area (Å²) >= 11 is 0. The van der Waals surface area contributed by atoms with E-state index in [2.05, 4.69) is 0 Å². The second kappa shape index (κ2) is 6.26. The minimum Gasteiger partial charge on any atom is -0.298 e. The Morgan fingerprint density at radius 1 is 0.905 bits per heavy atom. The second-order valence-corrected chi connectivity index (χ2v) is 4.95. The summed E-state index contributed by atoms with van der Waals surface area (Å²) in [5.41, 5.74) is 0.467. The summed E-state index contributed by atoms with van der Waals surface area (Å²) < 4.78 is 51.5. The van der Waals surface area contributed by atoms with Gasteiger partial charge in [0.2, 0.25) is 0 Å². The zero-order chi connectivity index (χ0) is 15.5. The third-order valence-electron chi connectivity index (χ3n) is 3.13. The molecule has 0 saturated carbocycles. The van der Waals surface area contributed by atoms with Crippen molar-refractivity contribution in [3.8, 4) is 0 Å². The van der Waals surface area contributed by atoms with Crippen LogP contribution in [0, 0.1) is 5.82 Å². The molecule has 0 N–H and O–H groups in total. The van der Waals surface area contributed by atoms with Gasteiger partial charge in [0.1, 0.15) is 5.82 Å². The number of alkyl halides is 3. The Labute approximate surface area is 120 Å². The van der Waals surface area contributed by atoms with Crippen LogP contribution >= 0.6 is 0 Å². The lowest BCUT2D eigenvalue weighted by molar-refractivity contribution is -0.138. The molecular formula is C16H15F4N. The third kappa shape index (κ3) is 4.29. The number of hydrogen-bond acceptors (Lipinski definition) is 1. The van der Waals surface area contributed by atoms with Gasteiger partial charge in [0, 0.05) is 13.1 Å². The van der Waals surface area contributed by atoms with Gasteiger partial charge in [-0.2, -0.15) is 13.2 Å². The molecule has 2 aromatic rings. The SMILES string of the molecule is CN(Cc1ccc(F)cc1)Cc1ccccc1C(F)(F)F. The lowest BCUT2D eigenvalue weighted by Crippen LogP contribution is -2.20. The van der Waals surface area contributed by atoms with E-state index in [0.717, 1.165) is 11.6 Å². The number of benzene rings is 2. The Morgan fingerprint density at radius 3 is 2.14 bits per heavy atom. The van der Waals surface area contributed by atoms with Gasteiger partial charge in [0.25, 0.3) is 0 Å². The van der Waals surface area contributed by atoms with Crippen LogP contribution in [0.5, 0.6) is 0 Å². The van der Waals surface area contributed by atoms with E-state index < -0.39 is 11.7 Å². The number of nitrogens with zero attached hydrogens (tertiary/aromatic N) is 1. The molecule has 21 heavy (non-hydrogen) atoms. The molecule has 0 aromatic heterocycles. The van der Waals surface area contributed by atoms with Crippen LogP contribution in [0.1, 0.15) is 16.7 Å². The summed E-state index contributed by atoms with van der Waals surface area (Å²) in [6.45, 7) is 0.625. The van der Waals surface area contributed by atoms with Crippen LogP contribution < -0.4 is 0 Å². The average Bonchev–Trinajstić information content (AvgIpc) is 2.41. The van der Waals surface area contributed by atoms with E-state index in [4.69, 9.17) is 0 Å². The first-order valence-electron chi connectivity index (χ1n) is 6.44. The highest BCUT2D eigenvalue weighted by Crippen LogP contribution is 2.32. The monoisotopic (exact) mass is 297 g/mol. The van der Waals surface area contributed by atoms with Crippen molar-refractivity contribution in [2.75, 3.05) is 7.05 Å². The molecule has 0 spiro atoms. The molecule has 0 radical (unpaired) electrons. The van der Waals surface area contributed by atoms with E-state index in [9.17, 15) is 17.6 Å². The Morgan fingerprint density at radius 2 is 1.52 bits per heavy atom. The normalized spacial score (nSPS) is 11.9. The standard InChI is InChI=1S/C16H15F4N/c1-21(10-12-6-8-14(17)9-7-12)11-13-4-2-3-5-15(13)16(18,19)20/h2-9H,10-11H2,1H3. The van der Waals surface area contributed by atoms with Crippen LogP contribution in [-0.2, 0) is 19.3 Å². The maximum absolute atomic E-state index is 12.9. The first-order valence-corrected chi connectivity index (χ1v) is 6.44. The summed E-state index contributed by atoms with van der Waals surface area (Å²) in [7, 11) is 1.73. The Kier molecular flexibility index (Phi) is 4.63. The predicted molar refractivity (Wildman–Crippen MR) is 73.0 cm³/mol. The van der Waals surface area contributed by atoms with E-state index in [-0.39, 0.29) is 17.9 Å². The molecule has 0 aliphatic carbocycles. The third-order valence-corrected chi connectivity index (χ3v) is 3.13. The van der Waals surface area contributed by atoms with E-state index in [1.54, 1.807) is 30.1 Å². The van der Waals surface area contributed by atoms with Crippen LogP contribution in [-0.4, -0.2) is 11.9 Å². The first-order chi connectivity index (χ1) is 9.86. The Balaban J connectivity index is 2.09. The maximum atomic E-state index is 12.9. The van der Waals surface area contributed by atoms with E-state index >= 15 is 0 Å². The van der Waals surface area contributed by atoms with Crippen LogP contribution in [0.25, 0.3) is 0 Å². The van der Waals surface area contributed by atoms with Crippen molar-refractivity contribution in [1.82, 2.24) is 4.90 Å². The summed E-state index contributed by atoms with van der Waals surface area (Å²) in [5.74, 6) is -0.330. The van der Waals surface area contributed by atoms with Gasteiger partial charge >= 0.3 is 6.18 Å². The van der Waals surface area contributed by atoms with Gasteiger partial charge in [-0.1, -0.05) is 30.3 Å². The molecule has 0 bridgehead atoms. The molecule has 0 fully saturated rings. The predicted octanol–water partition coefficient (Wildman–Crippen LogP) is 4.48. The number of rotatable bonds is 4. The molecule has 0 aliphatic heterocycles. The molecule has 0 amide bonds. The lowest BCUT2D eigenvalue weighted by atomic mass is 10.1. The zero-order valence-corrected chi connectivity index (χ0v) is 11.5. The van der Waals surface area contributed by atoms with Gasteiger partial charge in [0.15, 0.2) is 0 Å². The van der Waals surface area contributed by atoms with E-state index in [1.807, 2.05) is 0 Å². The molecule has 0 aliphatic rings. The van der Waals surface area contributed by atoms with Crippen molar-refractivity contribution < 1.29 is 17.6 Å². The van der Waals surface area contributed by atoms with Crippen LogP contribution in [0.15, 0.2) is 48.5 Å². The van der Waals surface area contributed by atoms with Crippen molar-refractivity contribution in [3.63, 3.8) is 0 Å². The van der Waals surface area contributed by atoms with Crippen molar-refractivity contribution in [1.29, 1.82) is 0 Å². The zero-order valence-electron chi connectivity index (χ0n) is 11.5. The average molecular weight is 297 g/mol. The fraction of sp³-hybridized carbons (Fsp3) is 0.250. The van der Waals surface area contributed by atoms with Crippen LogP contribution in [0.2, 0.25) is 0 Å². The molecule has 2 rings (SSSR count). The summed E-state index contributed by atoms with van der Waals surface area (Å²) in [6.07, 6.45) is -4.35. The fourth-order valence-electron chi connectivity index (χ4n) is 2.18. The van der Waals surface area contributed by atoms with Gasteiger partial charge < -0.3 is 0 Å². The summed E-state index contributed by atoms with van der Waals surface area (Å²) in [4.78, 5) is 1.76. The largest absolute Gasteiger partial charge is 0.416 e. The first kappa shape index (κ1) is 15.5. The Hall–Kier alpha value is -1.88. The molecule has 0 saturated heterocycles. The van der Waals surface area contributed by atoms with Crippen LogP contribution in [0.3, 0.4) is 0 Å². The summed E-state index contributed by atoms with van der Waals surface area (Å²) in [5, 5.41) is 0. The van der Waals surface area contributed by atoms with Crippen molar-refractivity contribution in [2.45, 2.75) is 19.3 Å². The number of halogens is 4. The molecular weight excluding hydrogens is 282 g/mol. The molecule has 1 nitrogen and oxygen atoms in total.